The zero-order valence-electron chi connectivity index (χ0n) is 22.8. The third-order valence-electron chi connectivity index (χ3n) is 7.24. The number of piperazine rings is 1. The topological polar surface area (TPSA) is 95.7 Å². The van der Waals surface area contributed by atoms with Crippen LogP contribution in [0.25, 0.3) is 0 Å². The van der Waals surface area contributed by atoms with E-state index in [0.29, 0.717) is 30.0 Å². The van der Waals surface area contributed by atoms with Crippen LogP contribution in [0.5, 0.6) is 0 Å². The van der Waals surface area contributed by atoms with E-state index in [0.717, 1.165) is 24.7 Å². The number of nitrogens with two attached hydrogens (primary N) is 1. The van der Waals surface area contributed by atoms with Gasteiger partial charge in [0.1, 0.15) is 18.0 Å². The molecule has 2 heterocycles. The molecule has 0 bridgehead atoms. The van der Waals surface area contributed by atoms with Crippen molar-refractivity contribution in [3.8, 4) is 0 Å². The molecule has 3 aromatic rings. The summed E-state index contributed by atoms with van der Waals surface area (Å²) in [5.41, 5.74) is 7.26. The average Bonchev–Trinajstić information content (AvgIpc) is 2.91. The summed E-state index contributed by atoms with van der Waals surface area (Å²) in [6.45, 7) is 5.01. The minimum atomic E-state index is -4.57. The van der Waals surface area contributed by atoms with E-state index in [1.807, 2.05) is 18.9 Å². The lowest BCUT2D eigenvalue weighted by molar-refractivity contribution is -0.138. The number of hydrogen-bond donors (Lipinski definition) is 1. The van der Waals surface area contributed by atoms with Crippen LogP contribution < -0.4 is 10.6 Å². The lowest BCUT2D eigenvalue weighted by atomic mass is 9.95. The molecule has 212 valence electrons. The molecule has 1 fully saturated rings. The SMILES string of the molecule is Cc1ccc(CC(=O)c2ccc(CN3CCN(C)CC3)c(C(F)(F)F)c2)cc1CC(=O)N(C)c1cc(N)ncn1. The molecule has 1 aliphatic heterocycles. The van der Waals surface area contributed by atoms with Crippen LogP contribution in [0.4, 0.5) is 24.8 Å². The van der Waals surface area contributed by atoms with Gasteiger partial charge in [0.2, 0.25) is 5.91 Å². The number of ketones is 1. The van der Waals surface area contributed by atoms with Crippen LogP contribution in [0.3, 0.4) is 0 Å². The van der Waals surface area contributed by atoms with Crippen molar-refractivity contribution in [3.63, 3.8) is 0 Å². The third-order valence-corrected chi connectivity index (χ3v) is 7.24. The molecule has 0 unspecified atom stereocenters. The Bertz CT molecular complexity index is 1390. The summed E-state index contributed by atoms with van der Waals surface area (Å²) in [6.07, 6.45) is -3.34. The molecule has 4 rings (SSSR count). The predicted octanol–water partition coefficient (Wildman–Crippen LogP) is 3.76. The number of hydrogen-bond acceptors (Lipinski definition) is 7. The zero-order valence-corrected chi connectivity index (χ0v) is 22.8. The number of carbonyl (C=O) groups excluding carboxylic acids is 2. The number of alkyl halides is 3. The number of nitrogens with zero attached hydrogens (tertiary/aromatic N) is 5. The summed E-state index contributed by atoms with van der Waals surface area (Å²) in [6, 6.07) is 10.7. The Morgan fingerprint density at radius 2 is 1.70 bits per heavy atom. The molecule has 0 radical (unpaired) electrons. The van der Waals surface area contributed by atoms with E-state index < -0.39 is 17.5 Å². The van der Waals surface area contributed by atoms with Gasteiger partial charge in [-0.15, -0.1) is 0 Å². The number of rotatable bonds is 8. The van der Waals surface area contributed by atoms with Crippen LogP contribution in [-0.4, -0.2) is 71.7 Å². The van der Waals surface area contributed by atoms with Crippen molar-refractivity contribution < 1.29 is 22.8 Å². The first-order valence-electron chi connectivity index (χ1n) is 13.0. The number of carbonyl (C=O) groups is 2. The maximum absolute atomic E-state index is 14.0. The van der Waals surface area contributed by atoms with E-state index in [4.69, 9.17) is 5.73 Å². The average molecular weight is 555 g/mol. The summed E-state index contributed by atoms with van der Waals surface area (Å²) < 4.78 is 41.9. The number of nitrogen functional groups attached to an aromatic ring is 1. The number of Topliss-reactive ketones (excluding diaryl/α,β-unsaturated/α-hetero) is 1. The molecule has 0 aliphatic carbocycles. The Morgan fingerprint density at radius 1 is 0.975 bits per heavy atom. The number of benzene rings is 2. The van der Waals surface area contributed by atoms with Crippen molar-refractivity contribution in [2.75, 3.05) is 50.9 Å². The van der Waals surface area contributed by atoms with Gasteiger partial charge < -0.3 is 10.6 Å². The minimum Gasteiger partial charge on any atom is -0.384 e. The minimum absolute atomic E-state index is 0.00809. The highest BCUT2D eigenvalue weighted by Gasteiger charge is 2.34. The van der Waals surface area contributed by atoms with E-state index in [1.165, 1.54) is 29.4 Å². The van der Waals surface area contributed by atoms with Gasteiger partial charge in [0.15, 0.2) is 5.78 Å². The van der Waals surface area contributed by atoms with Gasteiger partial charge in [-0.1, -0.05) is 30.3 Å². The maximum Gasteiger partial charge on any atom is 0.416 e. The van der Waals surface area contributed by atoms with Crippen LogP contribution >= 0.6 is 0 Å². The quantitative estimate of drug-likeness (QED) is 0.424. The van der Waals surface area contributed by atoms with Gasteiger partial charge in [-0.3, -0.25) is 19.4 Å². The van der Waals surface area contributed by atoms with Crippen molar-refractivity contribution >= 4 is 23.3 Å². The largest absolute Gasteiger partial charge is 0.416 e. The van der Waals surface area contributed by atoms with Gasteiger partial charge in [0.25, 0.3) is 0 Å². The second-order valence-corrected chi connectivity index (χ2v) is 10.2. The monoisotopic (exact) mass is 554 g/mol. The number of halogens is 3. The smallest absolute Gasteiger partial charge is 0.384 e. The summed E-state index contributed by atoms with van der Waals surface area (Å²) in [4.78, 5) is 39.4. The van der Waals surface area contributed by atoms with Gasteiger partial charge in [0.05, 0.1) is 12.0 Å². The number of aryl methyl sites for hydroxylation is 1. The Balaban J connectivity index is 1.48. The van der Waals surface area contributed by atoms with Crippen LogP contribution in [0, 0.1) is 6.92 Å². The highest BCUT2D eigenvalue weighted by Crippen LogP contribution is 2.34. The zero-order chi connectivity index (χ0) is 29.0. The second kappa shape index (κ2) is 12.1. The highest BCUT2D eigenvalue weighted by molar-refractivity contribution is 5.98. The van der Waals surface area contributed by atoms with Gasteiger partial charge in [-0.2, -0.15) is 13.2 Å². The summed E-state index contributed by atoms with van der Waals surface area (Å²) in [5.74, 6) is -0.0674. The number of likely N-dealkylation sites (N-methyl/N-ethyl adjacent to an activating group) is 2. The second-order valence-electron chi connectivity index (χ2n) is 10.2. The molecule has 1 amide bonds. The van der Waals surface area contributed by atoms with Crippen molar-refractivity contribution in [1.29, 1.82) is 0 Å². The van der Waals surface area contributed by atoms with Crippen LogP contribution in [0.1, 0.15) is 38.2 Å². The standard InChI is InChI=1S/C29H33F3N6O2/c1-19-4-5-20(12-23(19)15-28(40)37(3)27-16-26(33)34-18-35-27)13-25(39)21-6-7-22(24(14-21)29(30,31)32)17-38-10-8-36(2)9-11-38/h4-7,12,14,16,18H,8-11,13,15,17H2,1-3H3,(H2,33,34,35). The van der Waals surface area contributed by atoms with Crippen molar-refractivity contribution in [2.24, 2.45) is 0 Å². The van der Waals surface area contributed by atoms with E-state index in [1.54, 1.807) is 25.2 Å². The van der Waals surface area contributed by atoms with Gasteiger partial charge in [0, 0.05) is 57.8 Å². The fourth-order valence-electron chi connectivity index (χ4n) is 4.67. The summed E-state index contributed by atoms with van der Waals surface area (Å²) in [7, 11) is 3.57. The lowest BCUT2D eigenvalue weighted by Crippen LogP contribution is -2.44. The molecule has 0 atom stereocenters. The lowest BCUT2D eigenvalue weighted by Gasteiger charge is -2.33. The molecule has 11 heteroatoms. The first kappa shape index (κ1) is 29.2. The number of amides is 1. The molecule has 1 aromatic heterocycles. The van der Waals surface area contributed by atoms with E-state index >= 15 is 0 Å². The Kier molecular flexibility index (Phi) is 8.85. The van der Waals surface area contributed by atoms with Crippen LogP contribution in [0.2, 0.25) is 0 Å². The van der Waals surface area contributed by atoms with Crippen LogP contribution in [0.15, 0.2) is 48.8 Å². The van der Waals surface area contributed by atoms with E-state index in [9.17, 15) is 22.8 Å². The molecule has 0 saturated carbocycles. The molecular weight excluding hydrogens is 521 g/mol. The van der Waals surface area contributed by atoms with Gasteiger partial charge in [-0.25, -0.2) is 9.97 Å². The maximum atomic E-state index is 14.0. The van der Waals surface area contributed by atoms with Crippen LogP contribution in [-0.2, 0) is 30.4 Å². The predicted molar refractivity (Wildman–Crippen MR) is 147 cm³/mol. The fraction of sp³-hybridized carbons (Fsp3) is 0.379. The molecule has 2 aromatic carbocycles. The van der Waals surface area contributed by atoms with Crippen molar-refractivity contribution in [3.05, 3.63) is 82.2 Å². The first-order chi connectivity index (χ1) is 18.9. The summed E-state index contributed by atoms with van der Waals surface area (Å²) in [5, 5.41) is 0. The van der Waals surface area contributed by atoms with E-state index in [-0.39, 0.29) is 42.2 Å². The summed E-state index contributed by atoms with van der Waals surface area (Å²) >= 11 is 0. The third kappa shape index (κ3) is 7.22. The molecule has 8 nitrogen and oxygen atoms in total. The molecule has 2 N–H and O–H groups in total. The van der Waals surface area contributed by atoms with Gasteiger partial charge >= 0.3 is 6.18 Å². The Hall–Kier alpha value is -3.83. The molecule has 40 heavy (non-hydrogen) atoms. The van der Waals surface area contributed by atoms with E-state index in [2.05, 4.69) is 14.9 Å². The van der Waals surface area contributed by atoms with Gasteiger partial charge in [-0.05, 0) is 42.3 Å². The molecular formula is C29H33F3N6O2. The first-order valence-corrected chi connectivity index (χ1v) is 13.0. The molecule has 1 aliphatic rings. The number of anilines is 2. The highest BCUT2D eigenvalue weighted by atomic mass is 19.4. The molecule has 1 saturated heterocycles. The number of aromatic nitrogens is 2. The molecule has 0 spiro atoms. The Labute approximate surface area is 231 Å². The normalized spacial score (nSPS) is 14.8. The van der Waals surface area contributed by atoms with Crippen molar-refractivity contribution in [2.45, 2.75) is 32.5 Å². The van der Waals surface area contributed by atoms with Crippen molar-refractivity contribution in [1.82, 2.24) is 19.8 Å². The fourth-order valence-corrected chi connectivity index (χ4v) is 4.67. The Morgan fingerprint density at radius 3 is 2.38 bits per heavy atom.